The molecular weight excluding hydrogens is 242 g/mol. The summed E-state index contributed by atoms with van der Waals surface area (Å²) in [6.07, 6.45) is 0. The Labute approximate surface area is 108 Å². The summed E-state index contributed by atoms with van der Waals surface area (Å²) in [5.41, 5.74) is 1.64. The normalized spacial score (nSPS) is 9.35. The van der Waals surface area contributed by atoms with Crippen molar-refractivity contribution in [3.8, 4) is 5.75 Å². The van der Waals surface area contributed by atoms with Crippen molar-refractivity contribution in [3.05, 3.63) is 29.3 Å². The van der Waals surface area contributed by atoms with Gasteiger partial charge < -0.3 is 14.2 Å². The fourth-order valence-electron chi connectivity index (χ4n) is 1.41. The summed E-state index contributed by atoms with van der Waals surface area (Å²) in [4.78, 5) is 0. The molecule has 4 nitrogen and oxygen atoms in total. The Bertz CT molecular complexity index is 369. The lowest BCUT2D eigenvalue weighted by molar-refractivity contribution is 0.185. The molecule has 0 fully saturated rings. The van der Waals surface area contributed by atoms with Crippen LogP contribution in [0.1, 0.15) is 18.1 Å². The van der Waals surface area contributed by atoms with Crippen LogP contribution in [0.4, 0.5) is 0 Å². The zero-order valence-corrected chi connectivity index (χ0v) is 11.1. The molecule has 0 unspecified atom stereocenters. The topological polar surface area (TPSA) is 51.5 Å². The Hall–Kier alpha value is -1.26. The molecule has 5 heteroatoms. The van der Waals surface area contributed by atoms with Crippen LogP contribution in [0.15, 0.2) is 18.2 Å². The van der Waals surface area contributed by atoms with E-state index < -0.39 is 0 Å². The molecule has 0 radical (unpaired) electrons. The monoisotopic (exact) mass is 259 g/mol. The van der Waals surface area contributed by atoms with Crippen molar-refractivity contribution in [3.63, 3.8) is 0 Å². The van der Waals surface area contributed by atoms with Crippen molar-refractivity contribution in [1.29, 1.82) is 5.41 Å². The number of benzene rings is 1. The average molecular weight is 260 g/mol. The lowest BCUT2D eigenvalue weighted by Gasteiger charge is -2.11. The highest BCUT2D eigenvalue weighted by Gasteiger charge is 2.10. The van der Waals surface area contributed by atoms with Crippen molar-refractivity contribution < 1.29 is 14.2 Å². The average Bonchev–Trinajstić information content (AvgIpc) is 2.30. The van der Waals surface area contributed by atoms with E-state index in [1.165, 1.54) is 0 Å². The third-order valence-corrected chi connectivity index (χ3v) is 2.11. The number of hydrogen-bond donors (Lipinski definition) is 1. The van der Waals surface area contributed by atoms with E-state index in [1.807, 2.05) is 25.1 Å². The first kappa shape index (κ1) is 15.7. The fourth-order valence-corrected chi connectivity index (χ4v) is 1.41. The van der Waals surface area contributed by atoms with E-state index >= 15 is 0 Å². The van der Waals surface area contributed by atoms with Crippen LogP contribution in [0.3, 0.4) is 0 Å². The number of nitrogens with one attached hydrogen (secondary N) is 1. The second-order valence-corrected chi connectivity index (χ2v) is 3.23. The van der Waals surface area contributed by atoms with Crippen molar-refractivity contribution in [2.24, 2.45) is 0 Å². The second-order valence-electron chi connectivity index (χ2n) is 3.23. The quantitative estimate of drug-likeness (QED) is 0.653. The van der Waals surface area contributed by atoms with Crippen LogP contribution in [-0.4, -0.2) is 26.7 Å². The molecule has 0 amide bonds. The van der Waals surface area contributed by atoms with E-state index in [4.69, 9.17) is 19.6 Å². The van der Waals surface area contributed by atoms with Crippen LogP contribution < -0.4 is 4.74 Å². The summed E-state index contributed by atoms with van der Waals surface area (Å²) in [6.45, 7) is 2.83. The molecule has 96 valence electrons. The van der Waals surface area contributed by atoms with E-state index in [2.05, 4.69) is 0 Å². The molecule has 0 saturated heterocycles. The minimum absolute atomic E-state index is 0. The Morgan fingerprint density at radius 2 is 2.00 bits per heavy atom. The van der Waals surface area contributed by atoms with Gasteiger partial charge in [-0.3, -0.25) is 5.41 Å². The van der Waals surface area contributed by atoms with Crippen LogP contribution in [0.5, 0.6) is 5.75 Å². The molecule has 1 aromatic rings. The molecule has 0 aliphatic heterocycles. The Balaban J connectivity index is 0.00000256. The van der Waals surface area contributed by atoms with Gasteiger partial charge in [-0.05, 0) is 24.6 Å². The number of hydrogen-bond acceptors (Lipinski definition) is 4. The van der Waals surface area contributed by atoms with E-state index in [0.717, 1.165) is 5.56 Å². The first-order chi connectivity index (χ1) is 7.72. The fraction of sp³-hybridized carbons (Fsp3) is 0.417. The Kier molecular flexibility index (Phi) is 7.34. The predicted octanol–water partition coefficient (Wildman–Crippen LogP) is 2.63. The first-order valence-electron chi connectivity index (χ1n) is 5.10. The standard InChI is InChI=1S/C12H17NO3.ClH/c1-4-16-12(13)10-7-9(8-14-2)5-6-11(10)15-3;/h5-7,13H,4,8H2,1-3H3;1H. The molecule has 1 N–H and O–H groups in total. The van der Waals surface area contributed by atoms with Crippen molar-refractivity contribution in [2.45, 2.75) is 13.5 Å². The van der Waals surface area contributed by atoms with Crippen LogP contribution in [-0.2, 0) is 16.1 Å². The highest BCUT2D eigenvalue weighted by Crippen LogP contribution is 2.21. The zero-order chi connectivity index (χ0) is 12.0. The Morgan fingerprint density at radius 1 is 1.29 bits per heavy atom. The van der Waals surface area contributed by atoms with Gasteiger partial charge in [-0.1, -0.05) is 6.07 Å². The zero-order valence-electron chi connectivity index (χ0n) is 10.3. The maximum Gasteiger partial charge on any atom is 0.217 e. The third kappa shape index (κ3) is 4.24. The molecule has 0 atom stereocenters. The summed E-state index contributed by atoms with van der Waals surface area (Å²) in [6, 6.07) is 5.57. The van der Waals surface area contributed by atoms with Crippen LogP contribution in [0.25, 0.3) is 0 Å². The molecule has 1 aromatic carbocycles. The lowest BCUT2D eigenvalue weighted by atomic mass is 10.1. The van der Waals surface area contributed by atoms with E-state index in [9.17, 15) is 0 Å². The molecule has 1 rings (SSSR count). The summed E-state index contributed by atoms with van der Waals surface area (Å²) in [7, 11) is 3.21. The van der Waals surface area contributed by atoms with Gasteiger partial charge in [-0.15, -0.1) is 12.4 Å². The number of halogens is 1. The van der Waals surface area contributed by atoms with Gasteiger partial charge in [0, 0.05) is 7.11 Å². The summed E-state index contributed by atoms with van der Waals surface area (Å²) >= 11 is 0. The van der Waals surface area contributed by atoms with Crippen molar-refractivity contribution in [1.82, 2.24) is 0 Å². The summed E-state index contributed by atoms with van der Waals surface area (Å²) in [5, 5.41) is 7.76. The minimum atomic E-state index is 0. The number of ether oxygens (including phenoxy) is 3. The molecule has 0 spiro atoms. The lowest BCUT2D eigenvalue weighted by Crippen LogP contribution is -2.07. The molecular formula is C12H18ClNO3. The smallest absolute Gasteiger partial charge is 0.217 e. The molecule has 0 saturated carbocycles. The van der Waals surface area contributed by atoms with Gasteiger partial charge in [0.15, 0.2) is 0 Å². The van der Waals surface area contributed by atoms with Gasteiger partial charge in [0.05, 0.1) is 25.9 Å². The van der Waals surface area contributed by atoms with Crippen LogP contribution in [0.2, 0.25) is 0 Å². The van der Waals surface area contributed by atoms with Gasteiger partial charge >= 0.3 is 0 Å². The van der Waals surface area contributed by atoms with Crippen molar-refractivity contribution in [2.75, 3.05) is 20.8 Å². The molecule has 0 heterocycles. The van der Waals surface area contributed by atoms with Gasteiger partial charge in [0.2, 0.25) is 5.90 Å². The van der Waals surface area contributed by atoms with Crippen LogP contribution >= 0.6 is 12.4 Å². The largest absolute Gasteiger partial charge is 0.496 e. The minimum Gasteiger partial charge on any atom is -0.496 e. The molecule has 0 aromatic heterocycles. The van der Waals surface area contributed by atoms with Crippen molar-refractivity contribution >= 4 is 18.3 Å². The summed E-state index contributed by atoms with van der Waals surface area (Å²) in [5.74, 6) is 0.760. The van der Waals surface area contributed by atoms with Gasteiger partial charge in [-0.25, -0.2) is 0 Å². The first-order valence-corrected chi connectivity index (χ1v) is 5.10. The van der Waals surface area contributed by atoms with Gasteiger partial charge in [0.25, 0.3) is 0 Å². The predicted molar refractivity (Wildman–Crippen MR) is 69.4 cm³/mol. The highest BCUT2D eigenvalue weighted by atomic mass is 35.5. The van der Waals surface area contributed by atoms with Gasteiger partial charge in [-0.2, -0.15) is 0 Å². The highest BCUT2D eigenvalue weighted by molar-refractivity contribution is 5.94. The summed E-state index contributed by atoms with van der Waals surface area (Å²) < 4.78 is 15.4. The van der Waals surface area contributed by atoms with Crippen LogP contribution in [0, 0.1) is 5.41 Å². The number of rotatable bonds is 5. The SMILES string of the molecule is CCOC(=N)c1cc(COC)ccc1OC.Cl. The molecule has 0 bridgehead atoms. The van der Waals surface area contributed by atoms with E-state index in [0.29, 0.717) is 24.5 Å². The third-order valence-electron chi connectivity index (χ3n) is 2.11. The second kappa shape index (κ2) is 7.92. The van der Waals surface area contributed by atoms with E-state index in [-0.39, 0.29) is 18.3 Å². The number of methoxy groups -OCH3 is 2. The van der Waals surface area contributed by atoms with E-state index in [1.54, 1.807) is 14.2 Å². The molecule has 0 aliphatic rings. The molecule has 17 heavy (non-hydrogen) atoms. The van der Waals surface area contributed by atoms with Gasteiger partial charge in [0.1, 0.15) is 5.75 Å². The maximum absolute atomic E-state index is 7.76. The molecule has 0 aliphatic carbocycles. The maximum atomic E-state index is 7.76. The Morgan fingerprint density at radius 3 is 2.53 bits per heavy atom.